The Morgan fingerprint density at radius 1 is 1.41 bits per heavy atom. The highest BCUT2D eigenvalue weighted by atomic mass is 35.5. The van der Waals surface area contributed by atoms with Crippen LogP contribution in [-0.2, 0) is 6.54 Å². The van der Waals surface area contributed by atoms with Crippen LogP contribution in [0.1, 0.15) is 12.0 Å². The van der Waals surface area contributed by atoms with Crippen molar-refractivity contribution < 1.29 is 0 Å². The maximum atomic E-state index is 5.90. The van der Waals surface area contributed by atoms with E-state index in [1.54, 1.807) is 6.20 Å². The van der Waals surface area contributed by atoms with Gasteiger partial charge in [-0.25, -0.2) is 9.97 Å². The van der Waals surface area contributed by atoms with Gasteiger partial charge in [-0.15, -0.1) is 0 Å². The maximum Gasteiger partial charge on any atom is 0.137 e. The van der Waals surface area contributed by atoms with Crippen LogP contribution in [0, 0.1) is 6.92 Å². The number of aryl methyl sites for hydroxylation is 1. The molecule has 0 amide bonds. The molecule has 0 fully saturated rings. The third-order valence-corrected chi connectivity index (χ3v) is 2.82. The molecule has 2 aromatic rings. The first-order valence-electron chi connectivity index (χ1n) is 5.46. The van der Waals surface area contributed by atoms with E-state index in [1.807, 2.05) is 23.9 Å². The summed E-state index contributed by atoms with van der Waals surface area (Å²) < 4.78 is 1.90. The van der Waals surface area contributed by atoms with Gasteiger partial charge >= 0.3 is 0 Å². The van der Waals surface area contributed by atoms with Gasteiger partial charge in [0.2, 0.25) is 0 Å². The Hall–Kier alpha value is -1.62. The molecule has 0 atom stereocenters. The molecule has 0 saturated heterocycles. The number of nitrogens with one attached hydrogen (secondary N) is 1. The summed E-state index contributed by atoms with van der Waals surface area (Å²) in [6.07, 6.45) is 6.17. The maximum absolute atomic E-state index is 5.90. The van der Waals surface area contributed by atoms with Gasteiger partial charge in [-0.1, -0.05) is 11.6 Å². The fourth-order valence-electron chi connectivity index (χ4n) is 1.49. The van der Waals surface area contributed by atoms with Crippen LogP contribution in [-0.4, -0.2) is 26.3 Å². The molecular formula is C11H14ClN5. The summed E-state index contributed by atoms with van der Waals surface area (Å²) in [7, 11) is 0. The summed E-state index contributed by atoms with van der Waals surface area (Å²) in [6, 6.07) is 1.92. The molecule has 5 nitrogen and oxygen atoms in total. The standard InChI is InChI=1S/C11H14ClN5/c1-9-10(12)14-8-15-11(9)13-4-2-6-17-7-3-5-16-17/h3,5,7-8H,2,4,6H2,1H3,(H,13,14,15). The van der Waals surface area contributed by atoms with Gasteiger partial charge < -0.3 is 5.32 Å². The van der Waals surface area contributed by atoms with E-state index in [-0.39, 0.29) is 0 Å². The SMILES string of the molecule is Cc1c(Cl)ncnc1NCCCn1cccn1. The average Bonchev–Trinajstić information content (AvgIpc) is 2.83. The van der Waals surface area contributed by atoms with Crippen molar-refractivity contribution in [2.24, 2.45) is 0 Å². The lowest BCUT2D eigenvalue weighted by Crippen LogP contribution is -2.09. The molecule has 2 rings (SSSR count). The Balaban J connectivity index is 1.80. The highest BCUT2D eigenvalue weighted by Crippen LogP contribution is 2.17. The molecule has 90 valence electrons. The zero-order valence-electron chi connectivity index (χ0n) is 9.60. The second-order valence-corrected chi connectivity index (χ2v) is 4.05. The van der Waals surface area contributed by atoms with Crippen molar-refractivity contribution in [1.29, 1.82) is 0 Å². The molecule has 0 bridgehead atoms. The van der Waals surface area contributed by atoms with E-state index in [2.05, 4.69) is 20.4 Å². The highest BCUT2D eigenvalue weighted by Gasteiger charge is 2.03. The summed E-state index contributed by atoms with van der Waals surface area (Å²) in [4.78, 5) is 8.05. The van der Waals surface area contributed by atoms with Crippen LogP contribution >= 0.6 is 11.6 Å². The van der Waals surface area contributed by atoms with Crippen molar-refractivity contribution in [2.45, 2.75) is 19.9 Å². The first-order chi connectivity index (χ1) is 8.27. The molecule has 0 aliphatic carbocycles. The number of hydrogen-bond donors (Lipinski definition) is 1. The van der Waals surface area contributed by atoms with E-state index in [4.69, 9.17) is 11.6 Å². The second-order valence-electron chi connectivity index (χ2n) is 3.69. The van der Waals surface area contributed by atoms with Crippen LogP contribution in [0.15, 0.2) is 24.8 Å². The van der Waals surface area contributed by atoms with Crippen LogP contribution in [0.4, 0.5) is 5.82 Å². The van der Waals surface area contributed by atoms with Crippen LogP contribution in [0.25, 0.3) is 0 Å². The smallest absolute Gasteiger partial charge is 0.137 e. The van der Waals surface area contributed by atoms with Crippen molar-refractivity contribution in [3.8, 4) is 0 Å². The number of halogens is 1. The molecule has 0 aromatic carbocycles. The third kappa shape index (κ3) is 3.17. The predicted molar refractivity (Wildman–Crippen MR) is 67.1 cm³/mol. The molecule has 0 radical (unpaired) electrons. The molecule has 0 spiro atoms. The summed E-state index contributed by atoms with van der Waals surface area (Å²) in [5.41, 5.74) is 0.883. The zero-order chi connectivity index (χ0) is 12.1. The predicted octanol–water partition coefficient (Wildman–Crippen LogP) is 2.14. The average molecular weight is 252 g/mol. The lowest BCUT2D eigenvalue weighted by Gasteiger charge is -2.08. The van der Waals surface area contributed by atoms with Crippen LogP contribution in [0.5, 0.6) is 0 Å². The number of hydrogen-bond acceptors (Lipinski definition) is 4. The Kier molecular flexibility index (Phi) is 3.93. The Morgan fingerprint density at radius 2 is 2.29 bits per heavy atom. The lowest BCUT2D eigenvalue weighted by molar-refractivity contribution is 0.591. The van der Waals surface area contributed by atoms with Gasteiger partial charge in [0.05, 0.1) is 0 Å². The molecular weight excluding hydrogens is 238 g/mol. The van der Waals surface area contributed by atoms with Gasteiger partial charge in [-0.05, 0) is 19.4 Å². The number of nitrogens with zero attached hydrogens (tertiary/aromatic N) is 4. The van der Waals surface area contributed by atoms with E-state index in [0.29, 0.717) is 5.15 Å². The van der Waals surface area contributed by atoms with Gasteiger partial charge in [0, 0.05) is 31.0 Å². The van der Waals surface area contributed by atoms with Gasteiger partial charge in [-0.3, -0.25) is 4.68 Å². The minimum absolute atomic E-state index is 0.495. The number of aromatic nitrogens is 4. The number of anilines is 1. The monoisotopic (exact) mass is 251 g/mol. The molecule has 0 aliphatic heterocycles. The molecule has 2 heterocycles. The second kappa shape index (κ2) is 5.63. The summed E-state index contributed by atoms with van der Waals surface area (Å²) in [6.45, 7) is 3.62. The lowest BCUT2D eigenvalue weighted by atomic mass is 10.3. The zero-order valence-corrected chi connectivity index (χ0v) is 10.4. The van der Waals surface area contributed by atoms with Crippen molar-refractivity contribution in [3.05, 3.63) is 35.5 Å². The largest absolute Gasteiger partial charge is 0.370 e. The van der Waals surface area contributed by atoms with Gasteiger partial charge in [0.15, 0.2) is 0 Å². The fourth-order valence-corrected chi connectivity index (χ4v) is 1.62. The van der Waals surface area contributed by atoms with Crippen LogP contribution in [0.3, 0.4) is 0 Å². The molecule has 2 aromatic heterocycles. The fraction of sp³-hybridized carbons (Fsp3) is 0.364. The molecule has 17 heavy (non-hydrogen) atoms. The van der Waals surface area contributed by atoms with Gasteiger partial charge in [0.25, 0.3) is 0 Å². The van der Waals surface area contributed by atoms with Crippen LogP contribution < -0.4 is 5.32 Å². The Labute approximate surface area is 105 Å². The van der Waals surface area contributed by atoms with E-state index in [1.165, 1.54) is 6.33 Å². The number of rotatable bonds is 5. The highest BCUT2D eigenvalue weighted by molar-refractivity contribution is 6.30. The van der Waals surface area contributed by atoms with Crippen molar-refractivity contribution >= 4 is 17.4 Å². The first kappa shape index (κ1) is 11.9. The Morgan fingerprint density at radius 3 is 3.06 bits per heavy atom. The molecule has 0 saturated carbocycles. The van der Waals surface area contributed by atoms with E-state index in [9.17, 15) is 0 Å². The molecule has 1 N–H and O–H groups in total. The van der Waals surface area contributed by atoms with E-state index in [0.717, 1.165) is 30.9 Å². The quantitative estimate of drug-likeness (QED) is 0.653. The van der Waals surface area contributed by atoms with E-state index < -0.39 is 0 Å². The molecule has 0 unspecified atom stereocenters. The summed E-state index contributed by atoms with van der Waals surface area (Å²) >= 11 is 5.90. The summed E-state index contributed by atoms with van der Waals surface area (Å²) in [5.74, 6) is 0.797. The topological polar surface area (TPSA) is 55.6 Å². The summed E-state index contributed by atoms with van der Waals surface area (Å²) in [5, 5.41) is 7.87. The molecule has 0 aliphatic rings. The normalized spacial score (nSPS) is 10.5. The first-order valence-corrected chi connectivity index (χ1v) is 5.83. The van der Waals surface area contributed by atoms with E-state index >= 15 is 0 Å². The van der Waals surface area contributed by atoms with Gasteiger partial charge in [-0.2, -0.15) is 5.10 Å². The Bertz CT molecular complexity index is 469. The van der Waals surface area contributed by atoms with Crippen molar-refractivity contribution in [2.75, 3.05) is 11.9 Å². The van der Waals surface area contributed by atoms with Crippen molar-refractivity contribution in [1.82, 2.24) is 19.7 Å². The van der Waals surface area contributed by atoms with Crippen molar-refractivity contribution in [3.63, 3.8) is 0 Å². The molecule has 6 heteroatoms. The van der Waals surface area contributed by atoms with Crippen LogP contribution in [0.2, 0.25) is 5.15 Å². The minimum Gasteiger partial charge on any atom is -0.370 e. The third-order valence-electron chi connectivity index (χ3n) is 2.44. The van der Waals surface area contributed by atoms with Gasteiger partial charge in [0.1, 0.15) is 17.3 Å². The minimum atomic E-state index is 0.495.